The largest absolute Gasteiger partial charge is 0.507 e. The minimum atomic E-state index is -1.10. The molecule has 0 radical (unpaired) electrons. The zero-order valence-electron chi connectivity index (χ0n) is 19.2. The van der Waals surface area contributed by atoms with Crippen molar-refractivity contribution in [2.24, 2.45) is 0 Å². The molecule has 2 aromatic carbocycles. The highest BCUT2D eigenvalue weighted by molar-refractivity contribution is 7.22. The first-order chi connectivity index (χ1) is 17.8. The summed E-state index contributed by atoms with van der Waals surface area (Å²) >= 11 is 7.25. The summed E-state index contributed by atoms with van der Waals surface area (Å²) in [6.07, 6.45) is 3.05. The van der Waals surface area contributed by atoms with Gasteiger partial charge in [-0.1, -0.05) is 29.0 Å². The minimum Gasteiger partial charge on any atom is -0.507 e. The number of amides is 1. The number of carboxylic acid groups (broad SMARTS) is 1. The van der Waals surface area contributed by atoms with Crippen LogP contribution in [0.1, 0.15) is 34.5 Å². The van der Waals surface area contributed by atoms with Crippen molar-refractivity contribution in [2.75, 3.05) is 11.5 Å². The first-order valence-electron chi connectivity index (χ1n) is 11.1. The quantitative estimate of drug-likeness (QED) is 0.199. The third-order valence-electron chi connectivity index (χ3n) is 5.78. The van der Waals surface area contributed by atoms with Crippen LogP contribution >= 0.6 is 22.9 Å². The zero-order chi connectivity index (χ0) is 26.3. The number of carboxylic acids is 1. The lowest BCUT2D eigenvalue weighted by Crippen LogP contribution is -2.29. The molecule has 2 aromatic heterocycles. The van der Waals surface area contributed by atoms with Crippen molar-refractivity contribution in [3.63, 3.8) is 0 Å². The fourth-order valence-electron chi connectivity index (χ4n) is 4.10. The number of anilines is 1. The van der Waals surface area contributed by atoms with Crippen LogP contribution in [0, 0.1) is 0 Å². The number of carbonyl (C=O) groups is 3. The van der Waals surface area contributed by atoms with Crippen molar-refractivity contribution in [1.29, 1.82) is 0 Å². The van der Waals surface area contributed by atoms with Crippen molar-refractivity contribution in [1.82, 2.24) is 9.97 Å². The predicted molar refractivity (Wildman–Crippen MR) is 138 cm³/mol. The SMILES string of the molecule is CCOc1cc(/C(O)=C2\C(=O)C(=O)N(c3nc4ccc(C(=O)O)cc4s3)C2c2cccnc2)ccc1Cl. The number of aromatic nitrogens is 2. The molecule has 3 heterocycles. The van der Waals surface area contributed by atoms with E-state index in [2.05, 4.69) is 9.97 Å². The maximum Gasteiger partial charge on any atom is 0.335 e. The highest BCUT2D eigenvalue weighted by Gasteiger charge is 2.48. The van der Waals surface area contributed by atoms with Crippen molar-refractivity contribution in [2.45, 2.75) is 13.0 Å². The molecule has 0 aliphatic carbocycles. The predicted octanol–water partition coefficient (Wildman–Crippen LogP) is 5.07. The third-order valence-corrected chi connectivity index (χ3v) is 7.11. The van der Waals surface area contributed by atoms with Gasteiger partial charge in [-0.3, -0.25) is 19.5 Å². The van der Waals surface area contributed by atoms with E-state index in [4.69, 9.17) is 16.3 Å². The molecule has 1 aliphatic heterocycles. The Labute approximate surface area is 219 Å². The number of thiazole rings is 1. The van der Waals surface area contributed by atoms with E-state index in [1.54, 1.807) is 25.3 Å². The highest BCUT2D eigenvalue weighted by Crippen LogP contribution is 2.44. The second-order valence-electron chi connectivity index (χ2n) is 8.02. The van der Waals surface area contributed by atoms with Gasteiger partial charge in [0.15, 0.2) is 5.13 Å². The number of aliphatic hydroxyl groups is 1. The number of nitrogens with zero attached hydrogens (tertiary/aromatic N) is 3. The Morgan fingerprint density at radius 3 is 2.62 bits per heavy atom. The Kier molecular flexibility index (Phi) is 6.36. The summed E-state index contributed by atoms with van der Waals surface area (Å²) in [6.45, 7) is 2.12. The Hall–Kier alpha value is -4.28. The van der Waals surface area contributed by atoms with Crippen LogP contribution in [0.15, 0.2) is 66.5 Å². The van der Waals surface area contributed by atoms with E-state index in [1.807, 2.05) is 0 Å². The molecule has 5 rings (SSSR count). The topological polar surface area (TPSA) is 130 Å². The van der Waals surface area contributed by atoms with E-state index in [9.17, 15) is 24.6 Å². The summed E-state index contributed by atoms with van der Waals surface area (Å²) in [7, 11) is 0. The van der Waals surface area contributed by atoms with Crippen molar-refractivity contribution < 1.29 is 29.3 Å². The number of aliphatic hydroxyl groups excluding tert-OH is 1. The number of hydrogen-bond donors (Lipinski definition) is 2. The minimum absolute atomic E-state index is 0.0707. The summed E-state index contributed by atoms with van der Waals surface area (Å²) in [5.74, 6) is -2.96. The maximum atomic E-state index is 13.3. The van der Waals surface area contributed by atoms with E-state index in [-0.39, 0.29) is 21.8 Å². The van der Waals surface area contributed by atoms with Gasteiger partial charge in [0, 0.05) is 18.0 Å². The second-order valence-corrected chi connectivity index (χ2v) is 9.43. The van der Waals surface area contributed by atoms with Gasteiger partial charge in [-0.15, -0.1) is 0 Å². The molecule has 1 amide bonds. The Morgan fingerprint density at radius 1 is 1.14 bits per heavy atom. The van der Waals surface area contributed by atoms with Gasteiger partial charge >= 0.3 is 11.9 Å². The Morgan fingerprint density at radius 2 is 1.92 bits per heavy atom. The van der Waals surface area contributed by atoms with Crippen molar-refractivity contribution >= 4 is 61.7 Å². The van der Waals surface area contributed by atoms with Crippen LogP contribution in [0.2, 0.25) is 5.02 Å². The molecule has 37 heavy (non-hydrogen) atoms. The number of rotatable bonds is 6. The third kappa shape index (κ3) is 4.30. The van der Waals surface area contributed by atoms with E-state index in [0.29, 0.717) is 33.2 Å². The van der Waals surface area contributed by atoms with Crippen LogP contribution in [0.4, 0.5) is 5.13 Å². The van der Waals surface area contributed by atoms with E-state index < -0.39 is 29.5 Å². The van der Waals surface area contributed by atoms with Gasteiger partial charge in [0.05, 0.1) is 39.0 Å². The molecule has 11 heteroatoms. The van der Waals surface area contributed by atoms with Gasteiger partial charge in [-0.2, -0.15) is 0 Å². The fourth-order valence-corrected chi connectivity index (χ4v) is 5.31. The number of carbonyl (C=O) groups excluding carboxylic acids is 2. The highest BCUT2D eigenvalue weighted by atomic mass is 35.5. The summed E-state index contributed by atoms with van der Waals surface area (Å²) < 4.78 is 6.04. The molecular weight excluding hydrogens is 518 g/mol. The first kappa shape index (κ1) is 24.4. The fraction of sp³-hybridized carbons (Fsp3) is 0.115. The van der Waals surface area contributed by atoms with Gasteiger partial charge in [0.2, 0.25) is 0 Å². The van der Waals surface area contributed by atoms with Gasteiger partial charge < -0.3 is 14.9 Å². The van der Waals surface area contributed by atoms with Crippen LogP contribution in [0.25, 0.3) is 16.0 Å². The Bertz CT molecular complexity index is 1600. The number of fused-ring (bicyclic) bond motifs is 1. The maximum absolute atomic E-state index is 13.3. The number of ether oxygens (including phenoxy) is 1. The first-order valence-corrected chi connectivity index (χ1v) is 12.3. The van der Waals surface area contributed by atoms with Crippen molar-refractivity contribution in [3.05, 3.63) is 88.2 Å². The van der Waals surface area contributed by atoms with Crippen LogP contribution in [-0.4, -0.2) is 44.4 Å². The number of halogens is 1. The van der Waals surface area contributed by atoms with Gasteiger partial charge in [-0.25, -0.2) is 9.78 Å². The molecule has 1 fully saturated rings. The molecule has 1 unspecified atom stereocenters. The van der Waals surface area contributed by atoms with Gasteiger partial charge in [-0.05, 0) is 55.0 Å². The van der Waals surface area contributed by atoms with Crippen LogP contribution in [0.3, 0.4) is 0 Å². The molecule has 186 valence electrons. The molecule has 0 saturated carbocycles. The van der Waals surface area contributed by atoms with Crippen LogP contribution in [0.5, 0.6) is 5.75 Å². The zero-order valence-corrected chi connectivity index (χ0v) is 20.8. The molecule has 9 nitrogen and oxygen atoms in total. The lowest BCUT2D eigenvalue weighted by Gasteiger charge is -2.22. The molecule has 4 aromatic rings. The summed E-state index contributed by atoms with van der Waals surface area (Å²) in [4.78, 5) is 47.9. The monoisotopic (exact) mass is 535 g/mol. The van der Waals surface area contributed by atoms with E-state index in [0.717, 1.165) is 11.3 Å². The van der Waals surface area contributed by atoms with Crippen molar-refractivity contribution in [3.8, 4) is 5.75 Å². The lowest BCUT2D eigenvalue weighted by molar-refractivity contribution is -0.132. The molecule has 1 atom stereocenters. The number of Topliss-reactive ketones (excluding diaryl/α,β-unsaturated/α-hetero) is 1. The Balaban J connectivity index is 1.69. The molecule has 1 saturated heterocycles. The molecule has 2 N–H and O–H groups in total. The van der Waals surface area contributed by atoms with E-state index in [1.165, 1.54) is 47.5 Å². The number of benzene rings is 2. The summed E-state index contributed by atoms with van der Waals surface area (Å²) in [6, 6.07) is 11.3. The number of pyridine rings is 1. The number of ketones is 1. The van der Waals surface area contributed by atoms with Gasteiger partial charge in [0.25, 0.3) is 5.78 Å². The van der Waals surface area contributed by atoms with Crippen LogP contribution in [-0.2, 0) is 9.59 Å². The summed E-state index contributed by atoms with van der Waals surface area (Å²) in [5.41, 5.74) is 1.12. The summed E-state index contributed by atoms with van der Waals surface area (Å²) in [5, 5.41) is 21.1. The van der Waals surface area contributed by atoms with Crippen LogP contribution < -0.4 is 9.64 Å². The number of aromatic carboxylic acids is 1. The smallest absolute Gasteiger partial charge is 0.335 e. The molecule has 0 bridgehead atoms. The van der Waals surface area contributed by atoms with E-state index >= 15 is 0 Å². The standard InChI is InChI=1S/C26H18ClN3O6S/c1-2-36-18-10-13(5-7-16(18)27)22(31)20-21(15-4-3-9-28-12-15)30(24(33)23(20)32)26-29-17-8-6-14(25(34)35)11-19(17)37-26/h3-12,21,31H,2H2,1H3,(H,34,35)/b22-20+. The van der Waals surface area contributed by atoms with Gasteiger partial charge in [0.1, 0.15) is 11.5 Å². The molecular formula is C26H18ClN3O6S. The second kappa shape index (κ2) is 9.64. The lowest BCUT2D eigenvalue weighted by atomic mass is 9.96. The average molecular weight is 536 g/mol. The number of hydrogen-bond acceptors (Lipinski definition) is 8. The molecule has 1 aliphatic rings. The average Bonchev–Trinajstić information content (AvgIpc) is 3.43. The normalized spacial score (nSPS) is 16.9. The molecule has 0 spiro atoms.